The molecule has 182 valence electrons. The maximum atomic E-state index is 12.9. The van der Waals surface area contributed by atoms with E-state index in [2.05, 4.69) is 5.32 Å². The Balaban J connectivity index is 1.89. The number of likely N-dealkylation sites (N-methyl/N-ethyl adjacent to an activating group) is 1. The molecule has 3 atom stereocenters. The van der Waals surface area contributed by atoms with Gasteiger partial charge in [0.15, 0.2) is 23.0 Å². The van der Waals surface area contributed by atoms with Crippen LogP contribution < -0.4 is 29.0 Å². The van der Waals surface area contributed by atoms with Gasteiger partial charge in [0.1, 0.15) is 18.0 Å². The van der Waals surface area contributed by atoms with Crippen LogP contribution in [-0.2, 0) is 16.0 Å². The van der Waals surface area contributed by atoms with Gasteiger partial charge in [0.2, 0.25) is 12.5 Å². The van der Waals surface area contributed by atoms with E-state index < -0.39 is 24.0 Å². The smallest absolute Gasteiger partial charge is 0.343 e. The maximum Gasteiger partial charge on any atom is 0.343 e. The number of aldehydes is 1. The number of ether oxygens (including phenoxy) is 6. The Morgan fingerprint density at radius 3 is 2.56 bits per heavy atom. The molecule has 2 aliphatic heterocycles. The standard InChI is InChI=1S/C24H27NO9/c1-25-19(20-14-5-6-15(29-2)21(30-3)18(14)24(28)34-20)17-13(7-12(9-26)10-27)8-16-22(23(17)31-4)33-11-32-16/h5-6,8-9,12,19-20,25,27H,7,10-11H2,1-4H3/t12?,19?,20-/m0/s1. The second-order valence-electron chi connectivity index (χ2n) is 7.86. The molecule has 2 N–H and O–H groups in total. The van der Waals surface area contributed by atoms with Crippen LogP contribution in [0.1, 0.15) is 39.2 Å². The monoisotopic (exact) mass is 473 g/mol. The number of aliphatic hydroxyl groups is 1. The summed E-state index contributed by atoms with van der Waals surface area (Å²) in [6.07, 6.45) is 0.182. The Morgan fingerprint density at radius 2 is 1.94 bits per heavy atom. The second kappa shape index (κ2) is 9.78. The van der Waals surface area contributed by atoms with Crippen molar-refractivity contribution in [1.29, 1.82) is 0 Å². The summed E-state index contributed by atoms with van der Waals surface area (Å²) in [5.41, 5.74) is 2.22. The Labute approximate surface area is 196 Å². The number of methoxy groups -OCH3 is 3. The molecule has 0 spiro atoms. The lowest BCUT2D eigenvalue weighted by Crippen LogP contribution is -2.27. The van der Waals surface area contributed by atoms with Gasteiger partial charge in [-0.05, 0) is 31.2 Å². The Morgan fingerprint density at radius 1 is 1.18 bits per heavy atom. The summed E-state index contributed by atoms with van der Waals surface area (Å²) < 4.78 is 33.6. The molecule has 2 aliphatic rings. The minimum Gasteiger partial charge on any atom is -0.493 e. The quantitative estimate of drug-likeness (QED) is 0.391. The molecule has 0 aromatic heterocycles. The number of benzene rings is 2. The van der Waals surface area contributed by atoms with Crippen molar-refractivity contribution in [3.05, 3.63) is 40.5 Å². The van der Waals surface area contributed by atoms with Crippen LogP contribution in [0.3, 0.4) is 0 Å². The third-order valence-corrected chi connectivity index (χ3v) is 6.10. The first-order valence-corrected chi connectivity index (χ1v) is 10.7. The summed E-state index contributed by atoms with van der Waals surface area (Å²) in [4.78, 5) is 24.4. The van der Waals surface area contributed by atoms with Crippen LogP contribution in [-0.4, -0.2) is 59.1 Å². The zero-order chi connectivity index (χ0) is 24.4. The largest absolute Gasteiger partial charge is 0.493 e. The molecule has 0 amide bonds. The van der Waals surface area contributed by atoms with Crippen molar-refractivity contribution in [3.63, 3.8) is 0 Å². The normalized spacial score (nSPS) is 17.6. The molecular formula is C24H27NO9. The van der Waals surface area contributed by atoms with Crippen LogP contribution in [0.4, 0.5) is 0 Å². The summed E-state index contributed by atoms with van der Waals surface area (Å²) in [5, 5.41) is 12.9. The molecule has 0 saturated heterocycles. The first-order chi connectivity index (χ1) is 16.5. The second-order valence-corrected chi connectivity index (χ2v) is 7.86. The number of cyclic esters (lactones) is 1. The molecule has 0 fully saturated rings. The summed E-state index contributed by atoms with van der Waals surface area (Å²) in [6.45, 7) is -0.295. The average Bonchev–Trinajstić information content (AvgIpc) is 3.46. The predicted molar refractivity (Wildman–Crippen MR) is 119 cm³/mol. The third-order valence-electron chi connectivity index (χ3n) is 6.10. The third kappa shape index (κ3) is 3.78. The average molecular weight is 473 g/mol. The number of rotatable bonds is 10. The molecule has 34 heavy (non-hydrogen) atoms. The van der Waals surface area contributed by atoms with Crippen LogP contribution in [0.25, 0.3) is 0 Å². The van der Waals surface area contributed by atoms with Crippen molar-refractivity contribution in [2.75, 3.05) is 41.8 Å². The number of carbonyl (C=O) groups is 2. The number of hydrogen-bond donors (Lipinski definition) is 2. The summed E-state index contributed by atoms with van der Waals surface area (Å²) >= 11 is 0. The number of carbonyl (C=O) groups excluding carboxylic acids is 2. The first kappa shape index (κ1) is 23.7. The van der Waals surface area contributed by atoms with Crippen LogP contribution in [0.15, 0.2) is 18.2 Å². The van der Waals surface area contributed by atoms with E-state index in [0.29, 0.717) is 51.7 Å². The fourth-order valence-corrected chi connectivity index (χ4v) is 4.55. The van der Waals surface area contributed by atoms with E-state index in [9.17, 15) is 14.7 Å². The summed E-state index contributed by atoms with van der Waals surface area (Å²) in [6, 6.07) is 4.65. The zero-order valence-corrected chi connectivity index (χ0v) is 19.4. The van der Waals surface area contributed by atoms with Gasteiger partial charge in [0.25, 0.3) is 0 Å². The highest BCUT2D eigenvalue weighted by Crippen LogP contribution is 2.52. The molecule has 0 aliphatic carbocycles. The van der Waals surface area contributed by atoms with Crippen LogP contribution in [0.5, 0.6) is 28.7 Å². The van der Waals surface area contributed by atoms with Gasteiger partial charge < -0.3 is 43.6 Å². The molecule has 4 rings (SSSR count). The van der Waals surface area contributed by atoms with Crippen molar-refractivity contribution >= 4 is 12.3 Å². The lowest BCUT2D eigenvalue weighted by Gasteiger charge is -2.28. The van der Waals surface area contributed by atoms with Crippen LogP contribution in [0.2, 0.25) is 0 Å². The molecule has 2 unspecified atom stereocenters. The molecule has 2 aromatic rings. The Bertz CT molecular complexity index is 1100. The lowest BCUT2D eigenvalue weighted by molar-refractivity contribution is -0.112. The highest BCUT2D eigenvalue weighted by atomic mass is 16.7. The number of esters is 1. The maximum absolute atomic E-state index is 12.9. The molecule has 0 radical (unpaired) electrons. The topological polar surface area (TPSA) is 122 Å². The van der Waals surface area contributed by atoms with E-state index in [0.717, 1.165) is 0 Å². The molecule has 2 heterocycles. The van der Waals surface area contributed by atoms with Crippen molar-refractivity contribution < 1.29 is 43.1 Å². The van der Waals surface area contributed by atoms with E-state index in [1.165, 1.54) is 21.3 Å². The first-order valence-electron chi connectivity index (χ1n) is 10.7. The fourth-order valence-electron chi connectivity index (χ4n) is 4.55. The van der Waals surface area contributed by atoms with Crippen molar-refractivity contribution in [2.24, 2.45) is 5.92 Å². The van der Waals surface area contributed by atoms with Crippen LogP contribution in [0, 0.1) is 5.92 Å². The zero-order valence-electron chi connectivity index (χ0n) is 19.4. The van der Waals surface area contributed by atoms with Crippen molar-refractivity contribution in [2.45, 2.75) is 18.6 Å². The minimum atomic E-state index is -0.746. The highest BCUT2D eigenvalue weighted by molar-refractivity contribution is 5.98. The summed E-state index contributed by atoms with van der Waals surface area (Å²) in [7, 11) is 6.19. The van der Waals surface area contributed by atoms with E-state index in [1.54, 1.807) is 25.2 Å². The van der Waals surface area contributed by atoms with Gasteiger partial charge in [0, 0.05) is 17.0 Å². The van der Waals surface area contributed by atoms with Gasteiger partial charge >= 0.3 is 5.97 Å². The lowest BCUT2D eigenvalue weighted by atomic mass is 9.87. The Kier molecular flexibility index (Phi) is 6.80. The van der Waals surface area contributed by atoms with E-state index >= 15 is 0 Å². The van der Waals surface area contributed by atoms with E-state index in [4.69, 9.17) is 28.4 Å². The van der Waals surface area contributed by atoms with Gasteiger partial charge in [-0.25, -0.2) is 4.79 Å². The SMILES string of the molecule is CNC(c1c(CC(C=O)CO)cc2c(c1OC)OCO2)[C@H]1OC(=O)c2c1ccc(OC)c2OC. The highest BCUT2D eigenvalue weighted by Gasteiger charge is 2.43. The summed E-state index contributed by atoms with van der Waals surface area (Å²) in [5.74, 6) is 0.826. The van der Waals surface area contributed by atoms with Gasteiger partial charge in [0.05, 0.1) is 34.0 Å². The molecule has 0 saturated carbocycles. The van der Waals surface area contributed by atoms with E-state index in [-0.39, 0.29) is 25.4 Å². The van der Waals surface area contributed by atoms with Crippen molar-refractivity contribution in [1.82, 2.24) is 5.32 Å². The number of hydrogen-bond acceptors (Lipinski definition) is 10. The van der Waals surface area contributed by atoms with Crippen LogP contribution >= 0.6 is 0 Å². The molecular weight excluding hydrogens is 446 g/mol. The molecule has 10 nitrogen and oxygen atoms in total. The molecule has 0 bridgehead atoms. The molecule has 2 aromatic carbocycles. The van der Waals surface area contributed by atoms with E-state index in [1.807, 2.05) is 0 Å². The van der Waals surface area contributed by atoms with Gasteiger partial charge in [-0.1, -0.05) is 6.07 Å². The van der Waals surface area contributed by atoms with Gasteiger partial charge in [-0.3, -0.25) is 0 Å². The number of fused-ring (bicyclic) bond motifs is 2. The fraction of sp³-hybridized carbons (Fsp3) is 0.417. The van der Waals surface area contributed by atoms with Gasteiger partial charge in [-0.15, -0.1) is 0 Å². The minimum absolute atomic E-state index is 0.0220. The Hall–Kier alpha value is -3.50. The number of aliphatic hydroxyl groups excluding tert-OH is 1. The molecule has 10 heteroatoms. The van der Waals surface area contributed by atoms with Crippen molar-refractivity contribution in [3.8, 4) is 28.7 Å². The van der Waals surface area contributed by atoms with Gasteiger partial charge in [-0.2, -0.15) is 0 Å². The predicted octanol–water partition coefficient (Wildman–Crippen LogP) is 1.96. The number of nitrogens with one attached hydrogen (secondary N) is 1.